The summed E-state index contributed by atoms with van der Waals surface area (Å²) < 4.78 is 0. The van der Waals surface area contributed by atoms with Crippen LogP contribution in [0.15, 0.2) is 0 Å². The van der Waals surface area contributed by atoms with E-state index in [2.05, 4.69) is 31.0 Å². The average Bonchev–Trinajstić information content (AvgIpc) is 2.82. The van der Waals surface area contributed by atoms with Gasteiger partial charge in [-0.25, -0.2) is 0 Å². The van der Waals surface area contributed by atoms with E-state index in [1.54, 1.807) is 0 Å². The Kier molecular flexibility index (Phi) is 2.74. The third-order valence-electron chi connectivity index (χ3n) is 5.11. The SMILES string of the molecule is CC1(C)CC2CC(C)(CN2C(=O)C2CCNC2)C1. The molecule has 1 N–H and O–H groups in total. The molecule has 3 rings (SSSR count). The largest absolute Gasteiger partial charge is 0.339 e. The van der Waals surface area contributed by atoms with Crippen LogP contribution in [-0.2, 0) is 4.79 Å². The van der Waals surface area contributed by atoms with E-state index in [1.807, 2.05) is 0 Å². The van der Waals surface area contributed by atoms with Crippen LogP contribution >= 0.6 is 0 Å². The lowest BCUT2D eigenvalue weighted by Crippen LogP contribution is -2.41. The Balaban J connectivity index is 1.77. The van der Waals surface area contributed by atoms with Crippen molar-refractivity contribution in [2.24, 2.45) is 16.7 Å². The number of rotatable bonds is 1. The normalized spacial score (nSPS) is 42.3. The molecule has 3 aliphatic rings. The minimum absolute atomic E-state index is 0.246. The minimum Gasteiger partial charge on any atom is -0.339 e. The van der Waals surface area contributed by atoms with Crippen molar-refractivity contribution in [2.45, 2.75) is 52.5 Å². The number of amides is 1. The fourth-order valence-electron chi connectivity index (χ4n) is 4.82. The van der Waals surface area contributed by atoms with Gasteiger partial charge in [0.15, 0.2) is 0 Å². The van der Waals surface area contributed by atoms with Gasteiger partial charge < -0.3 is 10.2 Å². The first-order valence-electron chi connectivity index (χ1n) is 7.40. The van der Waals surface area contributed by atoms with Gasteiger partial charge in [-0.3, -0.25) is 4.79 Å². The molecule has 2 saturated heterocycles. The highest BCUT2D eigenvalue weighted by atomic mass is 16.2. The molecule has 1 amide bonds. The Labute approximate surface area is 110 Å². The summed E-state index contributed by atoms with van der Waals surface area (Å²) in [5, 5.41) is 3.31. The number of hydrogen-bond acceptors (Lipinski definition) is 2. The molecule has 0 radical (unpaired) electrons. The highest BCUT2D eigenvalue weighted by molar-refractivity contribution is 5.80. The molecule has 0 aromatic rings. The number of hydrogen-bond donors (Lipinski definition) is 1. The van der Waals surface area contributed by atoms with Crippen molar-refractivity contribution in [3.63, 3.8) is 0 Å². The summed E-state index contributed by atoms with van der Waals surface area (Å²) in [6.07, 6.45) is 4.71. The van der Waals surface area contributed by atoms with Crippen LogP contribution in [0.25, 0.3) is 0 Å². The number of likely N-dealkylation sites (tertiary alicyclic amines) is 1. The monoisotopic (exact) mass is 250 g/mol. The molecule has 18 heavy (non-hydrogen) atoms. The van der Waals surface area contributed by atoms with Gasteiger partial charge in [0, 0.05) is 19.1 Å². The maximum Gasteiger partial charge on any atom is 0.227 e. The molecule has 2 bridgehead atoms. The van der Waals surface area contributed by atoms with Crippen LogP contribution in [0, 0.1) is 16.7 Å². The highest BCUT2D eigenvalue weighted by Crippen LogP contribution is 2.52. The van der Waals surface area contributed by atoms with Gasteiger partial charge in [0.1, 0.15) is 0 Å². The fraction of sp³-hybridized carbons (Fsp3) is 0.933. The van der Waals surface area contributed by atoms with Gasteiger partial charge in [0.05, 0.1) is 5.92 Å². The minimum atomic E-state index is 0.246. The van der Waals surface area contributed by atoms with Gasteiger partial charge >= 0.3 is 0 Å². The van der Waals surface area contributed by atoms with Crippen LogP contribution in [0.2, 0.25) is 0 Å². The molecule has 0 spiro atoms. The second-order valence-corrected chi connectivity index (χ2v) is 7.87. The third-order valence-corrected chi connectivity index (χ3v) is 5.11. The average molecular weight is 250 g/mol. The Morgan fingerprint density at radius 3 is 2.72 bits per heavy atom. The zero-order chi connectivity index (χ0) is 13.0. The lowest BCUT2D eigenvalue weighted by atomic mass is 9.65. The topological polar surface area (TPSA) is 32.3 Å². The molecular weight excluding hydrogens is 224 g/mol. The molecule has 3 unspecified atom stereocenters. The van der Waals surface area contributed by atoms with E-state index < -0.39 is 0 Å². The maximum atomic E-state index is 12.6. The van der Waals surface area contributed by atoms with E-state index in [1.165, 1.54) is 19.3 Å². The van der Waals surface area contributed by atoms with Crippen LogP contribution in [0.4, 0.5) is 0 Å². The van der Waals surface area contributed by atoms with E-state index in [0.29, 0.717) is 22.8 Å². The second-order valence-electron chi connectivity index (χ2n) is 7.87. The Bertz CT molecular complexity index is 360. The summed E-state index contributed by atoms with van der Waals surface area (Å²) in [5.41, 5.74) is 0.773. The molecule has 2 aliphatic heterocycles. The van der Waals surface area contributed by atoms with Gasteiger partial charge in [-0.1, -0.05) is 20.8 Å². The van der Waals surface area contributed by atoms with Gasteiger partial charge in [-0.05, 0) is 43.1 Å². The molecule has 3 heteroatoms. The fourth-order valence-corrected chi connectivity index (χ4v) is 4.82. The zero-order valence-electron chi connectivity index (χ0n) is 12.0. The maximum absolute atomic E-state index is 12.6. The number of nitrogens with one attached hydrogen (secondary N) is 1. The summed E-state index contributed by atoms with van der Waals surface area (Å²) >= 11 is 0. The van der Waals surface area contributed by atoms with Crippen LogP contribution in [-0.4, -0.2) is 36.5 Å². The lowest BCUT2D eigenvalue weighted by molar-refractivity contribution is -0.136. The van der Waals surface area contributed by atoms with Gasteiger partial charge in [-0.15, -0.1) is 0 Å². The summed E-state index contributed by atoms with van der Waals surface area (Å²) in [7, 11) is 0. The van der Waals surface area contributed by atoms with E-state index in [9.17, 15) is 4.79 Å². The van der Waals surface area contributed by atoms with E-state index in [4.69, 9.17) is 0 Å². The van der Waals surface area contributed by atoms with E-state index >= 15 is 0 Å². The molecule has 0 aromatic heterocycles. The van der Waals surface area contributed by atoms with Crippen LogP contribution in [0.5, 0.6) is 0 Å². The number of nitrogens with zero attached hydrogens (tertiary/aromatic N) is 1. The first kappa shape index (κ1) is 12.5. The first-order valence-corrected chi connectivity index (χ1v) is 7.40. The van der Waals surface area contributed by atoms with Crippen LogP contribution in [0.1, 0.15) is 46.5 Å². The van der Waals surface area contributed by atoms with Crippen molar-refractivity contribution >= 4 is 5.91 Å². The highest BCUT2D eigenvalue weighted by Gasteiger charge is 2.51. The van der Waals surface area contributed by atoms with Crippen LogP contribution in [0.3, 0.4) is 0 Å². The van der Waals surface area contributed by atoms with Crippen molar-refractivity contribution in [1.82, 2.24) is 10.2 Å². The summed E-state index contributed by atoms with van der Waals surface area (Å²) in [4.78, 5) is 14.9. The van der Waals surface area contributed by atoms with Crippen molar-refractivity contribution in [1.29, 1.82) is 0 Å². The van der Waals surface area contributed by atoms with Gasteiger partial charge in [0.2, 0.25) is 5.91 Å². The van der Waals surface area contributed by atoms with Crippen LogP contribution < -0.4 is 5.32 Å². The lowest BCUT2D eigenvalue weighted by Gasteiger charge is -2.39. The number of carbonyl (C=O) groups is 1. The number of fused-ring (bicyclic) bond motifs is 2. The molecule has 0 aromatic carbocycles. The number of carbonyl (C=O) groups excluding carboxylic acids is 1. The Morgan fingerprint density at radius 2 is 2.06 bits per heavy atom. The Hall–Kier alpha value is -0.570. The molecule has 1 saturated carbocycles. The third kappa shape index (κ3) is 2.07. The summed E-state index contributed by atoms with van der Waals surface area (Å²) in [6, 6.07) is 0.506. The van der Waals surface area contributed by atoms with Gasteiger partial charge in [0.25, 0.3) is 0 Å². The molecule has 102 valence electrons. The van der Waals surface area contributed by atoms with Gasteiger partial charge in [-0.2, -0.15) is 0 Å². The van der Waals surface area contributed by atoms with Crippen molar-refractivity contribution in [3.8, 4) is 0 Å². The smallest absolute Gasteiger partial charge is 0.227 e. The predicted octanol–water partition coefficient (Wildman–Crippen LogP) is 2.02. The molecule has 2 heterocycles. The predicted molar refractivity (Wildman–Crippen MR) is 72.2 cm³/mol. The molecule has 3 atom stereocenters. The Morgan fingerprint density at radius 1 is 1.28 bits per heavy atom. The van der Waals surface area contributed by atoms with Crippen molar-refractivity contribution < 1.29 is 4.79 Å². The molecular formula is C15H26N2O. The standard InChI is InChI=1S/C15H26N2O/c1-14(2)6-12-7-15(3,9-14)10-17(12)13(18)11-4-5-16-8-11/h11-12,16H,4-10H2,1-3H3. The second kappa shape index (κ2) is 3.96. The van der Waals surface area contributed by atoms with E-state index in [0.717, 1.165) is 26.1 Å². The zero-order valence-corrected chi connectivity index (χ0v) is 12.0. The quantitative estimate of drug-likeness (QED) is 0.772. The molecule has 1 aliphatic carbocycles. The summed E-state index contributed by atoms with van der Waals surface area (Å²) in [6.45, 7) is 10.0. The molecule has 3 fully saturated rings. The van der Waals surface area contributed by atoms with Crippen molar-refractivity contribution in [3.05, 3.63) is 0 Å². The molecule has 3 nitrogen and oxygen atoms in total. The van der Waals surface area contributed by atoms with Crippen molar-refractivity contribution in [2.75, 3.05) is 19.6 Å². The summed E-state index contributed by atoms with van der Waals surface area (Å²) in [5.74, 6) is 0.669. The van der Waals surface area contributed by atoms with E-state index in [-0.39, 0.29) is 5.92 Å². The first-order chi connectivity index (χ1) is 8.39.